The lowest BCUT2D eigenvalue weighted by atomic mass is 10.5. The minimum Gasteiger partial charge on any atom is -0.503 e. The van der Waals surface area contributed by atoms with Crippen LogP contribution in [-0.2, 0) is 9.47 Å². The Morgan fingerprint density at radius 1 is 1.06 bits per heavy atom. The third-order valence-electron chi connectivity index (χ3n) is 3.09. The van der Waals surface area contributed by atoms with Crippen molar-refractivity contribution in [3.8, 4) is 0 Å². The van der Waals surface area contributed by atoms with Crippen LogP contribution >= 0.6 is 0 Å². The standard InChI is InChI=1S/C10H20OSi.C4H6O/c1-8(2)12(9(3)4)10-6-5-7-11-10;1-2-4-5-3-1/h6,8-9,12H,5,7H2,1-4H3;1,3H,2,4H2. The van der Waals surface area contributed by atoms with Crippen molar-refractivity contribution in [3.05, 3.63) is 23.8 Å². The fraction of sp³-hybridized carbons (Fsp3) is 0.714. The highest BCUT2D eigenvalue weighted by Crippen LogP contribution is 2.29. The summed E-state index contributed by atoms with van der Waals surface area (Å²) in [5, 5.41) is 1.38. The Kier molecular flexibility index (Phi) is 6.41. The monoisotopic (exact) mass is 254 g/mol. The maximum Gasteiger partial charge on any atom is 0.120 e. The zero-order valence-corrected chi connectivity index (χ0v) is 12.8. The molecule has 0 aromatic heterocycles. The van der Waals surface area contributed by atoms with Crippen LogP contribution in [0.2, 0.25) is 11.1 Å². The molecule has 0 N–H and O–H groups in total. The van der Waals surface area contributed by atoms with E-state index in [9.17, 15) is 0 Å². The van der Waals surface area contributed by atoms with Crippen LogP contribution in [0.15, 0.2) is 23.8 Å². The van der Waals surface area contributed by atoms with Gasteiger partial charge in [0.05, 0.1) is 24.9 Å². The van der Waals surface area contributed by atoms with E-state index in [1.807, 2.05) is 6.08 Å². The first-order valence-electron chi connectivity index (χ1n) is 6.72. The zero-order chi connectivity index (χ0) is 12.7. The summed E-state index contributed by atoms with van der Waals surface area (Å²) in [5.41, 5.74) is 1.66. The minimum atomic E-state index is -0.794. The van der Waals surface area contributed by atoms with Crippen LogP contribution in [0.4, 0.5) is 0 Å². The molecule has 3 heteroatoms. The second-order valence-electron chi connectivity index (χ2n) is 5.29. The minimum absolute atomic E-state index is 0.794. The SMILES string of the molecule is C1=COCC1.CC(C)[SiH](C1=CCCO1)C(C)C. The van der Waals surface area contributed by atoms with Gasteiger partial charge < -0.3 is 9.47 Å². The Labute approximate surface area is 107 Å². The molecule has 2 aliphatic rings. The summed E-state index contributed by atoms with van der Waals surface area (Å²) in [6.07, 6.45) is 8.30. The Bertz CT molecular complexity index is 255. The first-order chi connectivity index (χ1) is 8.13. The van der Waals surface area contributed by atoms with Crippen molar-refractivity contribution < 1.29 is 9.47 Å². The van der Waals surface area contributed by atoms with Crippen LogP contribution in [0.1, 0.15) is 40.5 Å². The molecular weight excluding hydrogens is 228 g/mol. The first-order valence-corrected chi connectivity index (χ1v) is 8.63. The molecule has 0 amide bonds. The fourth-order valence-corrected chi connectivity index (χ4v) is 6.04. The van der Waals surface area contributed by atoms with Gasteiger partial charge in [-0.15, -0.1) is 0 Å². The highest BCUT2D eigenvalue weighted by molar-refractivity contribution is 6.68. The number of rotatable bonds is 3. The third kappa shape index (κ3) is 4.98. The molecule has 2 rings (SSSR count). The number of hydrogen-bond donors (Lipinski definition) is 0. The fourth-order valence-electron chi connectivity index (χ4n) is 2.44. The molecule has 0 aromatic carbocycles. The normalized spacial score (nSPS) is 17.9. The molecule has 0 unspecified atom stereocenters. The molecule has 2 heterocycles. The molecule has 0 fully saturated rings. The van der Waals surface area contributed by atoms with Crippen LogP contribution in [0.3, 0.4) is 0 Å². The van der Waals surface area contributed by atoms with E-state index in [2.05, 4.69) is 33.8 Å². The molecule has 0 aromatic rings. The molecule has 2 nitrogen and oxygen atoms in total. The van der Waals surface area contributed by atoms with Crippen molar-refractivity contribution in [1.82, 2.24) is 0 Å². The van der Waals surface area contributed by atoms with Gasteiger partial charge in [-0.3, -0.25) is 0 Å². The summed E-state index contributed by atoms with van der Waals surface area (Å²) in [7, 11) is -0.794. The third-order valence-corrected chi connectivity index (χ3v) is 7.02. The van der Waals surface area contributed by atoms with E-state index in [0.717, 1.165) is 37.1 Å². The van der Waals surface area contributed by atoms with Crippen molar-refractivity contribution in [2.24, 2.45) is 0 Å². The van der Waals surface area contributed by atoms with Crippen molar-refractivity contribution in [1.29, 1.82) is 0 Å². The summed E-state index contributed by atoms with van der Waals surface area (Å²) >= 11 is 0. The van der Waals surface area contributed by atoms with E-state index in [-0.39, 0.29) is 0 Å². The van der Waals surface area contributed by atoms with Gasteiger partial charge in [0.25, 0.3) is 0 Å². The molecule has 0 aliphatic carbocycles. The zero-order valence-electron chi connectivity index (χ0n) is 11.6. The highest BCUT2D eigenvalue weighted by Gasteiger charge is 2.26. The van der Waals surface area contributed by atoms with E-state index < -0.39 is 8.80 Å². The largest absolute Gasteiger partial charge is 0.503 e. The number of hydrogen-bond acceptors (Lipinski definition) is 2. The molecule has 0 spiro atoms. The van der Waals surface area contributed by atoms with Gasteiger partial charge in [0.1, 0.15) is 8.80 Å². The summed E-state index contributed by atoms with van der Waals surface area (Å²) < 4.78 is 10.4. The molecule has 0 radical (unpaired) electrons. The van der Waals surface area contributed by atoms with Crippen molar-refractivity contribution in [3.63, 3.8) is 0 Å². The summed E-state index contributed by atoms with van der Waals surface area (Å²) in [4.78, 5) is 0. The van der Waals surface area contributed by atoms with Gasteiger partial charge in [-0.25, -0.2) is 0 Å². The van der Waals surface area contributed by atoms with Crippen LogP contribution in [-0.4, -0.2) is 22.0 Å². The van der Waals surface area contributed by atoms with Crippen molar-refractivity contribution in [2.45, 2.75) is 51.6 Å². The molecule has 0 saturated carbocycles. The first kappa shape index (κ1) is 14.4. The Morgan fingerprint density at radius 2 is 1.76 bits per heavy atom. The second kappa shape index (κ2) is 7.59. The average molecular weight is 254 g/mol. The van der Waals surface area contributed by atoms with E-state index in [0.29, 0.717) is 0 Å². The Hall–Kier alpha value is -0.703. The summed E-state index contributed by atoms with van der Waals surface area (Å²) in [6, 6.07) is 0. The van der Waals surface area contributed by atoms with Crippen LogP contribution in [0.25, 0.3) is 0 Å². The lowest BCUT2D eigenvalue weighted by Gasteiger charge is -2.23. The molecule has 0 atom stereocenters. The van der Waals surface area contributed by atoms with Crippen molar-refractivity contribution >= 4 is 8.80 Å². The van der Waals surface area contributed by atoms with Gasteiger partial charge in [-0.2, -0.15) is 0 Å². The van der Waals surface area contributed by atoms with Crippen molar-refractivity contribution in [2.75, 3.05) is 13.2 Å². The van der Waals surface area contributed by atoms with E-state index in [1.165, 1.54) is 5.38 Å². The molecular formula is C14H26O2Si. The van der Waals surface area contributed by atoms with E-state index >= 15 is 0 Å². The second-order valence-corrected chi connectivity index (χ2v) is 9.58. The van der Waals surface area contributed by atoms with Gasteiger partial charge in [0, 0.05) is 12.8 Å². The van der Waals surface area contributed by atoms with Gasteiger partial charge in [-0.1, -0.05) is 27.7 Å². The summed E-state index contributed by atoms with van der Waals surface area (Å²) in [5.74, 6) is 0. The number of ether oxygens (including phenoxy) is 2. The Morgan fingerprint density at radius 3 is 2.06 bits per heavy atom. The van der Waals surface area contributed by atoms with Gasteiger partial charge in [0.2, 0.25) is 0 Å². The molecule has 98 valence electrons. The highest BCUT2D eigenvalue weighted by atomic mass is 28.3. The quantitative estimate of drug-likeness (QED) is 0.713. The average Bonchev–Trinajstić information content (AvgIpc) is 2.91. The molecule has 0 bridgehead atoms. The topological polar surface area (TPSA) is 18.5 Å². The smallest absolute Gasteiger partial charge is 0.120 e. The predicted octanol–water partition coefficient (Wildman–Crippen LogP) is 3.80. The van der Waals surface area contributed by atoms with Crippen LogP contribution in [0.5, 0.6) is 0 Å². The summed E-state index contributed by atoms with van der Waals surface area (Å²) in [6.45, 7) is 11.1. The maximum atomic E-state index is 5.66. The molecule has 0 saturated heterocycles. The Balaban J connectivity index is 0.000000239. The lowest BCUT2D eigenvalue weighted by Crippen LogP contribution is -2.24. The van der Waals surface area contributed by atoms with Crippen LogP contribution in [0, 0.1) is 0 Å². The lowest BCUT2D eigenvalue weighted by molar-refractivity contribution is 0.264. The van der Waals surface area contributed by atoms with Crippen LogP contribution < -0.4 is 0 Å². The van der Waals surface area contributed by atoms with E-state index in [4.69, 9.17) is 9.47 Å². The van der Waals surface area contributed by atoms with Gasteiger partial charge in [-0.05, 0) is 23.2 Å². The predicted molar refractivity (Wildman–Crippen MR) is 75.7 cm³/mol. The van der Waals surface area contributed by atoms with E-state index in [1.54, 1.807) is 6.26 Å². The van der Waals surface area contributed by atoms with Gasteiger partial charge in [0.15, 0.2) is 0 Å². The molecule has 17 heavy (non-hydrogen) atoms. The maximum absolute atomic E-state index is 5.66. The van der Waals surface area contributed by atoms with Gasteiger partial charge >= 0.3 is 0 Å². The molecule has 2 aliphatic heterocycles.